The first-order valence-electron chi connectivity index (χ1n) is 8.53. The molecule has 136 valence electrons. The Morgan fingerprint density at radius 2 is 1.96 bits per heavy atom. The number of benzene rings is 2. The van der Waals surface area contributed by atoms with Gasteiger partial charge in [-0.3, -0.25) is 9.20 Å². The number of hydrogen-bond acceptors (Lipinski definition) is 5. The zero-order valence-electron chi connectivity index (χ0n) is 14.9. The number of carbonyl (C=O) groups excluding carboxylic acids is 1. The summed E-state index contributed by atoms with van der Waals surface area (Å²) in [7, 11) is 0. The van der Waals surface area contributed by atoms with E-state index in [0.29, 0.717) is 10.8 Å². The highest BCUT2D eigenvalue weighted by molar-refractivity contribution is 8.00. The minimum Gasteiger partial charge on any atom is -0.508 e. The van der Waals surface area contributed by atoms with Gasteiger partial charge in [-0.15, -0.1) is 10.2 Å². The maximum absolute atomic E-state index is 12.5. The molecular formula is C20H18N4O2S. The van der Waals surface area contributed by atoms with Crippen molar-refractivity contribution < 1.29 is 9.90 Å². The SMILES string of the molecule is Cc1cc2nnc(SC(C)C(=O)Nc3cccc(O)c3)n2c2ccccc12. The summed E-state index contributed by atoms with van der Waals surface area (Å²) in [6.45, 7) is 3.87. The molecule has 1 amide bonds. The monoisotopic (exact) mass is 378 g/mol. The van der Waals surface area contributed by atoms with Crippen molar-refractivity contribution in [3.05, 3.63) is 60.2 Å². The Labute approximate surface area is 160 Å². The van der Waals surface area contributed by atoms with Crippen LogP contribution in [0.2, 0.25) is 0 Å². The van der Waals surface area contributed by atoms with Gasteiger partial charge in [-0.05, 0) is 43.7 Å². The highest BCUT2D eigenvalue weighted by Crippen LogP contribution is 2.28. The highest BCUT2D eigenvalue weighted by Gasteiger charge is 2.19. The lowest BCUT2D eigenvalue weighted by Crippen LogP contribution is -2.22. The fourth-order valence-electron chi connectivity index (χ4n) is 2.99. The Balaban J connectivity index is 1.63. The second kappa shape index (κ2) is 6.92. The van der Waals surface area contributed by atoms with Crippen molar-refractivity contribution in [1.29, 1.82) is 0 Å². The molecule has 7 heteroatoms. The summed E-state index contributed by atoms with van der Waals surface area (Å²) in [4.78, 5) is 12.5. The van der Waals surface area contributed by atoms with Gasteiger partial charge in [-0.1, -0.05) is 36.0 Å². The van der Waals surface area contributed by atoms with E-state index in [0.717, 1.165) is 22.1 Å². The van der Waals surface area contributed by atoms with Gasteiger partial charge in [0.1, 0.15) is 5.75 Å². The number of aromatic hydroxyl groups is 1. The van der Waals surface area contributed by atoms with Crippen LogP contribution in [-0.2, 0) is 4.79 Å². The highest BCUT2D eigenvalue weighted by atomic mass is 32.2. The number of fused-ring (bicyclic) bond motifs is 3. The quantitative estimate of drug-likeness (QED) is 0.525. The second-order valence-corrected chi connectivity index (χ2v) is 7.63. The second-order valence-electron chi connectivity index (χ2n) is 6.32. The van der Waals surface area contributed by atoms with Crippen molar-refractivity contribution in [2.45, 2.75) is 24.3 Å². The Kier molecular flexibility index (Phi) is 4.45. The predicted octanol–water partition coefficient (Wildman–Crippen LogP) is 4.02. The summed E-state index contributed by atoms with van der Waals surface area (Å²) in [5.41, 5.74) is 3.46. The van der Waals surface area contributed by atoms with Crippen LogP contribution < -0.4 is 5.32 Å². The molecule has 0 radical (unpaired) electrons. The molecule has 0 spiro atoms. The van der Waals surface area contributed by atoms with E-state index in [4.69, 9.17) is 0 Å². The Hall–Kier alpha value is -3.06. The van der Waals surface area contributed by atoms with Gasteiger partial charge in [-0.2, -0.15) is 0 Å². The topological polar surface area (TPSA) is 79.5 Å². The lowest BCUT2D eigenvalue weighted by atomic mass is 10.1. The van der Waals surface area contributed by atoms with Crippen molar-refractivity contribution in [2.24, 2.45) is 0 Å². The minimum atomic E-state index is -0.389. The Bertz CT molecular complexity index is 1160. The summed E-state index contributed by atoms with van der Waals surface area (Å²) in [5.74, 6) is -0.0582. The van der Waals surface area contributed by atoms with Gasteiger partial charge in [0.15, 0.2) is 10.8 Å². The van der Waals surface area contributed by atoms with Gasteiger partial charge in [0.05, 0.1) is 10.8 Å². The van der Waals surface area contributed by atoms with Crippen molar-refractivity contribution in [1.82, 2.24) is 14.6 Å². The van der Waals surface area contributed by atoms with E-state index in [2.05, 4.69) is 28.5 Å². The zero-order chi connectivity index (χ0) is 19.0. The lowest BCUT2D eigenvalue weighted by Gasteiger charge is -2.12. The van der Waals surface area contributed by atoms with Gasteiger partial charge in [-0.25, -0.2) is 0 Å². The zero-order valence-corrected chi connectivity index (χ0v) is 15.7. The van der Waals surface area contributed by atoms with Crippen LogP contribution in [0, 0.1) is 6.92 Å². The van der Waals surface area contributed by atoms with Crippen molar-refractivity contribution >= 4 is 39.9 Å². The molecule has 0 bridgehead atoms. The van der Waals surface area contributed by atoms with E-state index >= 15 is 0 Å². The number of phenols is 1. The predicted molar refractivity (Wildman–Crippen MR) is 107 cm³/mol. The van der Waals surface area contributed by atoms with Crippen molar-refractivity contribution in [2.75, 3.05) is 5.32 Å². The number of rotatable bonds is 4. The summed E-state index contributed by atoms with van der Waals surface area (Å²) in [6, 6.07) is 16.6. The number of thioether (sulfide) groups is 1. The molecule has 0 saturated heterocycles. The molecule has 2 heterocycles. The molecule has 2 aromatic heterocycles. The standard InChI is InChI=1S/C20H18N4O2S/c1-12-10-18-22-23-20(24(18)17-9-4-3-8-16(12)17)27-13(2)19(26)21-14-6-5-7-15(25)11-14/h3-11,13,25H,1-2H3,(H,21,26). The van der Waals surface area contributed by atoms with Crippen LogP contribution in [0.5, 0.6) is 5.75 Å². The molecule has 1 unspecified atom stereocenters. The number of amides is 1. The molecule has 1 atom stereocenters. The van der Waals surface area contributed by atoms with Crippen molar-refractivity contribution in [3.8, 4) is 5.75 Å². The van der Waals surface area contributed by atoms with Crippen LogP contribution in [0.1, 0.15) is 12.5 Å². The number of nitrogens with zero attached hydrogens (tertiary/aromatic N) is 3. The Morgan fingerprint density at radius 1 is 1.15 bits per heavy atom. The molecule has 0 aliphatic carbocycles. The number of hydrogen-bond donors (Lipinski definition) is 2. The van der Waals surface area contributed by atoms with Crippen LogP contribution in [0.25, 0.3) is 16.6 Å². The summed E-state index contributed by atoms with van der Waals surface area (Å²) >= 11 is 1.35. The third-order valence-electron chi connectivity index (χ3n) is 4.34. The van der Waals surface area contributed by atoms with Crippen LogP contribution >= 0.6 is 11.8 Å². The van der Waals surface area contributed by atoms with Crippen LogP contribution in [0.4, 0.5) is 5.69 Å². The third-order valence-corrected chi connectivity index (χ3v) is 5.38. The molecule has 0 aliphatic heterocycles. The largest absolute Gasteiger partial charge is 0.508 e. The molecule has 27 heavy (non-hydrogen) atoms. The summed E-state index contributed by atoms with van der Waals surface area (Å²) in [6.07, 6.45) is 0. The molecule has 4 aromatic rings. The number of para-hydroxylation sites is 1. The van der Waals surface area contributed by atoms with E-state index < -0.39 is 0 Å². The van der Waals surface area contributed by atoms with Crippen LogP contribution in [0.3, 0.4) is 0 Å². The number of nitrogens with one attached hydrogen (secondary N) is 1. The first kappa shape index (κ1) is 17.4. The lowest BCUT2D eigenvalue weighted by molar-refractivity contribution is -0.115. The number of aryl methyl sites for hydroxylation is 1. The number of aromatic nitrogens is 3. The maximum atomic E-state index is 12.5. The number of carbonyl (C=O) groups is 1. The maximum Gasteiger partial charge on any atom is 0.237 e. The Morgan fingerprint density at radius 3 is 2.78 bits per heavy atom. The molecule has 0 aliphatic rings. The molecule has 4 rings (SSSR count). The van der Waals surface area contributed by atoms with E-state index in [-0.39, 0.29) is 16.9 Å². The van der Waals surface area contributed by atoms with Crippen LogP contribution in [0.15, 0.2) is 59.8 Å². The fourth-order valence-corrected chi connectivity index (χ4v) is 3.86. The molecule has 0 fully saturated rings. The van der Waals surface area contributed by atoms with E-state index in [1.807, 2.05) is 35.6 Å². The molecule has 2 N–H and O–H groups in total. The first-order chi connectivity index (χ1) is 13.0. The van der Waals surface area contributed by atoms with Crippen molar-refractivity contribution in [3.63, 3.8) is 0 Å². The van der Waals surface area contributed by atoms with Gasteiger partial charge in [0.2, 0.25) is 5.91 Å². The van der Waals surface area contributed by atoms with E-state index in [9.17, 15) is 9.90 Å². The normalized spacial score (nSPS) is 12.4. The van der Waals surface area contributed by atoms with Gasteiger partial charge < -0.3 is 10.4 Å². The molecule has 6 nitrogen and oxygen atoms in total. The molecule has 2 aromatic carbocycles. The van der Waals surface area contributed by atoms with Gasteiger partial charge >= 0.3 is 0 Å². The third kappa shape index (κ3) is 3.33. The number of anilines is 1. The fraction of sp³-hybridized carbons (Fsp3) is 0.150. The number of pyridine rings is 1. The average molecular weight is 378 g/mol. The first-order valence-corrected chi connectivity index (χ1v) is 9.41. The van der Waals surface area contributed by atoms with Gasteiger partial charge in [0, 0.05) is 17.1 Å². The molecular weight excluding hydrogens is 360 g/mol. The smallest absolute Gasteiger partial charge is 0.237 e. The summed E-state index contributed by atoms with van der Waals surface area (Å²) in [5, 5.41) is 22.3. The minimum absolute atomic E-state index is 0.110. The van der Waals surface area contributed by atoms with Crippen LogP contribution in [-0.4, -0.2) is 30.9 Å². The summed E-state index contributed by atoms with van der Waals surface area (Å²) < 4.78 is 1.98. The van der Waals surface area contributed by atoms with E-state index in [1.54, 1.807) is 18.2 Å². The van der Waals surface area contributed by atoms with Gasteiger partial charge in [0.25, 0.3) is 0 Å². The number of phenolic OH excluding ortho intramolecular Hbond substituents is 1. The molecule has 0 saturated carbocycles. The average Bonchev–Trinajstić information content (AvgIpc) is 3.04. The van der Waals surface area contributed by atoms with E-state index in [1.165, 1.54) is 17.8 Å².